The van der Waals surface area contributed by atoms with Gasteiger partial charge in [-0.05, 0) is 31.0 Å². The first-order valence-electron chi connectivity index (χ1n) is 9.74. The van der Waals surface area contributed by atoms with Gasteiger partial charge in [0.25, 0.3) is 0 Å². The van der Waals surface area contributed by atoms with Crippen LogP contribution in [0.1, 0.15) is 22.8 Å². The average Bonchev–Trinajstić information content (AvgIpc) is 3.26. The Morgan fingerprint density at radius 3 is 2.75 bits per heavy atom. The van der Waals surface area contributed by atoms with Crippen molar-refractivity contribution >= 4 is 17.2 Å². The maximum atomic E-state index is 12.6. The topological polar surface area (TPSA) is 49.6 Å². The van der Waals surface area contributed by atoms with Crippen LogP contribution in [0.5, 0.6) is 0 Å². The van der Waals surface area contributed by atoms with Crippen molar-refractivity contribution < 1.29 is 9.32 Å². The maximum Gasteiger partial charge on any atom is 0.230 e. The third-order valence-electron chi connectivity index (χ3n) is 5.04. The highest BCUT2D eigenvalue weighted by molar-refractivity contribution is 7.15. The fraction of sp³-hybridized carbons (Fsp3) is 0.364. The number of aryl methyl sites for hydroxylation is 1. The van der Waals surface area contributed by atoms with Crippen molar-refractivity contribution in [2.24, 2.45) is 0 Å². The molecule has 0 atom stereocenters. The minimum atomic E-state index is 0.125. The van der Waals surface area contributed by atoms with Crippen molar-refractivity contribution in [2.45, 2.75) is 26.3 Å². The number of nitrogens with zero attached hydrogens (tertiary/aromatic N) is 3. The molecule has 0 saturated carbocycles. The van der Waals surface area contributed by atoms with Gasteiger partial charge in [-0.3, -0.25) is 9.69 Å². The first-order valence-corrected chi connectivity index (χ1v) is 10.6. The Balaban J connectivity index is 1.32. The van der Waals surface area contributed by atoms with Gasteiger partial charge in [-0.2, -0.15) is 0 Å². The van der Waals surface area contributed by atoms with Crippen LogP contribution in [-0.2, 0) is 17.8 Å². The molecule has 1 aromatic carbocycles. The summed E-state index contributed by atoms with van der Waals surface area (Å²) in [4.78, 5) is 19.7. The van der Waals surface area contributed by atoms with Gasteiger partial charge in [0.1, 0.15) is 5.76 Å². The lowest BCUT2D eigenvalue weighted by Crippen LogP contribution is -2.35. The van der Waals surface area contributed by atoms with Crippen LogP contribution in [0.4, 0.5) is 0 Å². The molecule has 1 saturated heterocycles. The van der Waals surface area contributed by atoms with Gasteiger partial charge in [-0.1, -0.05) is 35.5 Å². The van der Waals surface area contributed by atoms with Crippen molar-refractivity contribution in [3.05, 3.63) is 64.9 Å². The molecule has 6 heteroatoms. The molecule has 1 aliphatic rings. The fourth-order valence-electron chi connectivity index (χ4n) is 3.58. The summed E-state index contributed by atoms with van der Waals surface area (Å²) in [5, 5.41) is 3.86. The van der Waals surface area contributed by atoms with Gasteiger partial charge in [0.05, 0.1) is 12.1 Å². The average molecular weight is 396 g/mol. The number of aromatic nitrogens is 1. The zero-order valence-electron chi connectivity index (χ0n) is 16.1. The molecule has 0 unspecified atom stereocenters. The molecule has 0 aliphatic carbocycles. The predicted octanol–water partition coefficient (Wildman–Crippen LogP) is 3.99. The van der Waals surface area contributed by atoms with Crippen LogP contribution in [0.15, 0.2) is 53.1 Å². The molecule has 0 bridgehead atoms. The summed E-state index contributed by atoms with van der Waals surface area (Å²) in [6, 6.07) is 16.8. The van der Waals surface area contributed by atoms with Crippen molar-refractivity contribution in [2.75, 3.05) is 26.2 Å². The minimum absolute atomic E-state index is 0.125. The van der Waals surface area contributed by atoms with Crippen molar-refractivity contribution in [3.63, 3.8) is 0 Å². The van der Waals surface area contributed by atoms with Crippen LogP contribution in [-0.4, -0.2) is 47.0 Å². The SMILES string of the molecule is Cc1cc(CC(=O)N2CCCN(Cc3ccc(-c4ccccc4)s3)CC2)on1. The Labute approximate surface area is 169 Å². The molecular weight excluding hydrogens is 370 g/mol. The summed E-state index contributed by atoms with van der Waals surface area (Å²) in [6.07, 6.45) is 1.30. The molecule has 5 nitrogen and oxygen atoms in total. The molecule has 1 fully saturated rings. The first-order chi connectivity index (χ1) is 13.7. The number of hydrogen-bond donors (Lipinski definition) is 0. The summed E-state index contributed by atoms with van der Waals surface area (Å²) in [5.74, 6) is 0.774. The number of amides is 1. The summed E-state index contributed by atoms with van der Waals surface area (Å²) in [6.45, 7) is 6.31. The Hall–Kier alpha value is -2.44. The zero-order chi connectivity index (χ0) is 19.3. The third kappa shape index (κ3) is 4.69. The summed E-state index contributed by atoms with van der Waals surface area (Å²) in [5.41, 5.74) is 2.09. The fourth-order valence-corrected chi connectivity index (χ4v) is 4.64. The van der Waals surface area contributed by atoms with Gasteiger partial charge < -0.3 is 9.42 Å². The van der Waals surface area contributed by atoms with E-state index in [1.807, 2.05) is 35.3 Å². The smallest absolute Gasteiger partial charge is 0.230 e. The number of hydrogen-bond acceptors (Lipinski definition) is 5. The second-order valence-electron chi connectivity index (χ2n) is 7.25. The highest BCUT2D eigenvalue weighted by Gasteiger charge is 2.21. The second kappa shape index (κ2) is 8.71. The molecule has 1 aliphatic heterocycles. The van der Waals surface area contributed by atoms with Crippen molar-refractivity contribution in [1.82, 2.24) is 15.0 Å². The largest absolute Gasteiger partial charge is 0.361 e. The lowest BCUT2D eigenvalue weighted by Gasteiger charge is -2.21. The van der Waals surface area contributed by atoms with E-state index < -0.39 is 0 Å². The van der Waals surface area contributed by atoms with Gasteiger partial charge >= 0.3 is 0 Å². The lowest BCUT2D eigenvalue weighted by molar-refractivity contribution is -0.130. The normalized spacial score (nSPS) is 15.5. The Morgan fingerprint density at radius 2 is 1.96 bits per heavy atom. The van der Waals surface area contributed by atoms with E-state index in [-0.39, 0.29) is 5.91 Å². The summed E-state index contributed by atoms with van der Waals surface area (Å²) < 4.78 is 5.19. The molecule has 0 spiro atoms. The number of rotatable bonds is 5. The van der Waals surface area contributed by atoms with Gasteiger partial charge in [0, 0.05) is 48.5 Å². The van der Waals surface area contributed by atoms with E-state index in [4.69, 9.17) is 4.52 Å². The molecule has 0 N–H and O–H groups in total. The highest BCUT2D eigenvalue weighted by atomic mass is 32.1. The Kier molecular flexibility index (Phi) is 5.88. The van der Waals surface area contributed by atoms with E-state index in [1.165, 1.54) is 15.3 Å². The van der Waals surface area contributed by atoms with Gasteiger partial charge in [0.2, 0.25) is 5.91 Å². The maximum absolute atomic E-state index is 12.6. The van der Waals surface area contributed by atoms with Crippen LogP contribution < -0.4 is 0 Å². The quantitative estimate of drug-likeness (QED) is 0.655. The van der Waals surface area contributed by atoms with Crippen LogP contribution in [0, 0.1) is 6.92 Å². The lowest BCUT2D eigenvalue weighted by atomic mass is 10.2. The molecule has 28 heavy (non-hydrogen) atoms. The van der Waals surface area contributed by atoms with E-state index in [0.717, 1.165) is 44.8 Å². The van der Waals surface area contributed by atoms with Crippen LogP contribution in [0.25, 0.3) is 10.4 Å². The van der Waals surface area contributed by atoms with E-state index in [2.05, 4.69) is 46.5 Å². The summed E-state index contributed by atoms with van der Waals surface area (Å²) >= 11 is 1.86. The van der Waals surface area contributed by atoms with E-state index in [1.54, 1.807) is 0 Å². The monoisotopic (exact) mass is 395 g/mol. The van der Waals surface area contributed by atoms with Crippen molar-refractivity contribution in [1.29, 1.82) is 0 Å². The van der Waals surface area contributed by atoms with Gasteiger partial charge in [-0.25, -0.2) is 0 Å². The highest BCUT2D eigenvalue weighted by Crippen LogP contribution is 2.28. The summed E-state index contributed by atoms with van der Waals surface area (Å²) in [7, 11) is 0. The number of benzene rings is 1. The number of carbonyl (C=O) groups is 1. The molecule has 3 aromatic rings. The minimum Gasteiger partial charge on any atom is -0.361 e. The standard InChI is InChI=1S/C22H25N3O2S/c1-17-14-19(27-23-17)15-22(26)25-11-5-10-24(12-13-25)16-20-8-9-21(28-20)18-6-3-2-4-7-18/h2-4,6-9,14H,5,10-13,15-16H2,1H3. The van der Waals surface area contributed by atoms with E-state index >= 15 is 0 Å². The molecular formula is C22H25N3O2S. The molecule has 4 rings (SSSR count). The molecule has 2 aromatic heterocycles. The number of carbonyl (C=O) groups excluding carboxylic acids is 1. The van der Waals surface area contributed by atoms with Gasteiger partial charge in [-0.15, -0.1) is 11.3 Å². The van der Waals surface area contributed by atoms with Crippen LogP contribution >= 0.6 is 11.3 Å². The first kappa shape index (κ1) is 18.9. The number of thiophene rings is 1. The zero-order valence-corrected chi connectivity index (χ0v) is 17.0. The second-order valence-corrected chi connectivity index (χ2v) is 8.42. The Bertz CT molecular complexity index is 919. The van der Waals surface area contributed by atoms with Crippen molar-refractivity contribution in [3.8, 4) is 10.4 Å². The van der Waals surface area contributed by atoms with Crippen LogP contribution in [0.2, 0.25) is 0 Å². The van der Waals surface area contributed by atoms with E-state index in [9.17, 15) is 4.79 Å². The molecule has 146 valence electrons. The third-order valence-corrected chi connectivity index (χ3v) is 6.16. The van der Waals surface area contributed by atoms with E-state index in [0.29, 0.717) is 12.2 Å². The van der Waals surface area contributed by atoms with Crippen LogP contribution in [0.3, 0.4) is 0 Å². The molecule has 3 heterocycles. The predicted molar refractivity (Wildman–Crippen MR) is 111 cm³/mol. The molecule has 1 amide bonds. The molecule has 0 radical (unpaired) electrons. The Morgan fingerprint density at radius 1 is 1.11 bits per heavy atom. The van der Waals surface area contributed by atoms with Gasteiger partial charge in [0.15, 0.2) is 0 Å².